The number of phenols is 1. The minimum atomic E-state index is -0.922. The molecule has 1 atom stereocenters. The van der Waals surface area contributed by atoms with Gasteiger partial charge in [-0.15, -0.1) is 0 Å². The molecule has 0 spiro atoms. The van der Waals surface area contributed by atoms with Gasteiger partial charge in [-0.2, -0.15) is 0 Å². The molecule has 2 N–H and O–H groups in total. The molecule has 1 amide bonds. The lowest BCUT2D eigenvalue weighted by molar-refractivity contribution is -0.140. The number of carbonyl (C=O) groups excluding carboxylic acids is 2. The zero-order valence-corrected chi connectivity index (χ0v) is 16.7. The summed E-state index contributed by atoms with van der Waals surface area (Å²) in [6.07, 6.45) is 0. The number of aliphatic hydroxyl groups is 1. The highest BCUT2D eigenvalue weighted by Gasteiger charge is 2.46. The molecule has 2 aromatic rings. The maximum Gasteiger partial charge on any atom is 0.295 e. The molecule has 0 aliphatic carbocycles. The van der Waals surface area contributed by atoms with Crippen molar-refractivity contribution in [3.8, 4) is 5.75 Å². The second-order valence-electron chi connectivity index (χ2n) is 7.01. The summed E-state index contributed by atoms with van der Waals surface area (Å²) in [7, 11) is 3.65. The number of amides is 1. The molecule has 1 saturated heterocycles. The molecule has 0 radical (unpaired) electrons. The highest BCUT2D eigenvalue weighted by molar-refractivity contribution is 6.46. The van der Waals surface area contributed by atoms with Gasteiger partial charge in [0.15, 0.2) is 0 Å². The quantitative estimate of drug-likeness (QED) is 0.443. The van der Waals surface area contributed by atoms with Gasteiger partial charge in [0.05, 0.1) is 17.2 Å². The van der Waals surface area contributed by atoms with E-state index < -0.39 is 29.3 Å². The molecule has 2 aromatic carbocycles. The van der Waals surface area contributed by atoms with Crippen LogP contribution in [0.15, 0.2) is 48.0 Å². The van der Waals surface area contributed by atoms with Crippen LogP contribution >= 0.6 is 11.6 Å². The summed E-state index contributed by atoms with van der Waals surface area (Å²) in [5.41, 5.74) is 0.223. The Morgan fingerprint density at radius 1 is 1.17 bits per heavy atom. The van der Waals surface area contributed by atoms with E-state index in [9.17, 15) is 24.2 Å². The summed E-state index contributed by atoms with van der Waals surface area (Å²) >= 11 is 5.96. The first kappa shape index (κ1) is 20.8. The minimum Gasteiger partial charge on any atom is -0.507 e. The van der Waals surface area contributed by atoms with E-state index in [2.05, 4.69) is 0 Å². The molecule has 8 heteroatoms. The molecule has 0 aromatic heterocycles. The van der Waals surface area contributed by atoms with Crippen molar-refractivity contribution in [1.29, 1.82) is 0 Å². The smallest absolute Gasteiger partial charge is 0.295 e. The number of hydrogen-bond acceptors (Lipinski definition) is 5. The van der Waals surface area contributed by atoms with Crippen LogP contribution in [0.2, 0.25) is 5.02 Å². The number of benzene rings is 2. The maximum atomic E-state index is 13.4. The Morgan fingerprint density at radius 2 is 1.83 bits per heavy atom. The number of halogens is 2. The minimum absolute atomic E-state index is 0.0600. The summed E-state index contributed by atoms with van der Waals surface area (Å²) in [5, 5.41) is 21.2. The van der Waals surface area contributed by atoms with Crippen molar-refractivity contribution in [2.24, 2.45) is 0 Å². The fourth-order valence-electron chi connectivity index (χ4n) is 3.25. The first-order chi connectivity index (χ1) is 13.7. The van der Waals surface area contributed by atoms with E-state index in [0.717, 1.165) is 0 Å². The lowest BCUT2D eigenvalue weighted by Crippen LogP contribution is -2.35. The number of likely N-dealkylation sites (N-methyl/N-ethyl adjacent to an activating group) is 1. The number of aliphatic hydroxyl groups excluding tert-OH is 1. The summed E-state index contributed by atoms with van der Waals surface area (Å²) in [5.74, 6) is -2.94. The van der Waals surface area contributed by atoms with Gasteiger partial charge >= 0.3 is 0 Å². The molecule has 6 nitrogen and oxygen atoms in total. The SMILES string of the molecule is CN(C)CCN1C(=O)C(=O)C(=C(O)c2cc(Cl)ccc2O)C1c1ccc(F)cc1. The maximum absolute atomic E-state index is 13.4. The number of nitrogens with zero attached hydrogens (tertiary/aromatic N) is 2. The standard InChI is InChI=1S/C21H20ClFN2O4/c1-24(2)9-10-25-18(12-3-6-14(23)7-4-12)17(20(28)21(25)29)19(27)15-11-13(22)5-8-16(15)26/h3-8,11,18,26-27H,9-10H2,1-2H3. The van der Waals surface area contributed by atoms with Crippen LogP contribution in [0.25, 0.3) is 5.76 Å². The predicted octanol–water partition coefficient (Wildman–Crippen LogP) is 3.17. The number of aromatic hydroxyl groups is 1. The molecule has 152 valence electrons. The van der Waals surface area contributed by atoms with Crippen LogP contribution in [-0.4, -0.2) is 58.9 Å². The van der Waals surface area contributed by atoms with Crippen molar-refractivity contribution in [1.82, 2.24) is 9.80 Å². The highest BCUT2D eigenvalue weighted by Crippen LogP contribution is 2.41. The Bertz CT molecular complexity index is 989. The number of ketones is 1. The third kappa shape index (κ3) is 4.11. The second-order valence-corrected chi connectivity index (χ2v) is 7.45. The highest BCUT2D eigenvalue weighted by atomic mass is 35.5. The molecule has 0 saturated carbocycles. The van der Waals surface area contributed by atoms with Crippen molar-refractivity contribution in [2.45, 2.75) is 6.04 Å². The summed E-state index contributed by atoms with van der Waals surface area (Å²) < 4.78 is 13.4. The van der Waals surface area contributed by atoms with Crippen LogP contribution in [-0.2, 0) is 9.59 Å². The molecular weight excluding hydrogens is 399 g/mol. The van der Waals surface area contributed by atoms with E-state index >= 15 is 0 Å². The molecule has 29 heavy (non-hydrogen) atoms. The van der Waals surface area contributed by atoms with Gasteiger partial charge in [-0.3, -0.25) is 9.59 Å². The van der Waals surface area contributed by atoms with Gasteiger partial charge in [0, 0.05) is 18.1 Å². The molecule has 1 heterocycles. The van der Waals surface area contributed by atoms with Crippen molar-refractivity contribution < 1.29 is 24.2 Å². The fraction of sp³-hybridized carbons (Fsp3) is 0.238. The zero-order valence-electron chi connectivity index (χ0n) is 15.9. The van der Waals surface area contributed by atoms with Gasteiger partial charge in [-0.1, -0.05) is 23.7 Å². The largest absolute Gasteiger partial charge is 0.507 e. The Balaban J connectivity index is 2.19. The van der Waals surface area contributed by atoms with E-state index in [1.807, 2.05) is 19.0 Å². The van der Waals surface area contributed by atoms with Crippen LogP contribution < -0.4 is 0 Å². The van der Waals surface area contributed by atoms with E-state index in [-0.39, 0.29) is 28.5 Å². The van der Waals surface area contributed by atoms with Crippen molar-refractivity contribution in [3.63, 3.8) is 0 Å². The summed E-state index contributed by atoms with van der Waals surface area (Å²) in [6, 6.07) is 8.46. The average molecular weight is 419 g/mol. The lowest BCUT2D eigenvalue weighted by Gasteiger charge is -2.26. The Hall–Kier alpha value is -2.90. The third-order valence-electron chi connectivity index (χ3n) is 4.73. The molecular formula is C21H20ClFN2O4. The number of likely N-dealkylation sites (tertiary alicyclic amines) is 1. The Morgan fingerprint density at radius 3 is 2.45 bits per heavy atom. The van der Waals surface area contributed by atoms with E-state index in [1.54, 1.807) is 0 Å². The normalized spacial score (nSPS) is 18.7. The molecule has 3 rings (SSSR count). The molecule has 1 unspecified atom stereocenters. The summed E-state index contributed by atoms with van der Waals surface area (Å²) in [4.78, 5) is 28.7. The average Bonchev–Trinajstić information content (AvgIpc) is 2.93. The monoisotopic (exact) mass is 418 g/mol. The van der Waals surface area contributed by atoms with Gasteiger partial charge in [0.25, 0.3) is 11.7 Å². The van der Waals surface area contributed by atoms with Gasteiger partial charge in [-0.25, -0.2) is 4.39 Å². The van der Waals surface area contributed by atoms with Crippen molar-refractivity contribution in [2.75, 3.05) is 27.2 Å². The third-order valence-corrected chi connectivity index (χ3v) is 4.96. The van der Waals surface area contributed by atoms with Gasteiger partial charge in [0.1, 0.15) is 17.3 Å². The zero-order chi connectivity index (χ0) is 21.3. The number of rotatable bonds is 5. The first-order valence-corrected chi connectivity index (χ1v) is 9.26. The van der Waals surface area contributed by atoms with E-state index in [0.29, 0.717) is 12.1 Å². The first-order valence-electron chi connectivity index (χ1n) is 8.88. The molecule has 1 fully saturated rings. The number of carbonyl (C=O) groups is 2. The Labute approximate surface area is 172 Å². The number of phenolic OH excluding ortho intramolecular Hbond substituents is 1. The summed E-state index contributed by atoms with van der Waals surface area (Å²) in [6.45, 7) is 0.700. The molecule has 1 aliphatic rings. The topological polar surface area (TPSA) is 81.1 Å². The number of Topliss-reactive ketones (excluding diaryl/α,β-unsaturated/α-hetero) is 1. The van der Waals surface area contributed by atoms with Crippen LogP contribution in [0.3, 0.4) is 0 Å². The van der Waals surface area contributed by atoms with Crippen LogP contribution in [0.1, 0.15) is 17.2 Å². The lowest BCUT2D eigenvalue weighted by atomic mass is 9.95. The van der Waals surface area contributed by atoms with Gasteiger partial charge < -0.3 is 20.0 Å². The molecule has 0 bridgehead atoms. The fourth-order valence-corrected chi connectivity index (χ4v) is 3.43. The Kier molecular flexibility index (Phi) is 5.91. The van der Waals surface area contributed by atoms with E-state index in [1.165, 1.54) is 47.4 Å². The van der Waals surface area contributed by atoms with Crippen LogP contribution in [0, 0.1) is 5.82 Å². The molecule has 1 aliphatic heterocycles. The number of hydrogen-bond donors (Lipinski definition) is 2. The van der Waals surface area contributed by atoms with Crippen molar-refractivity contribution in [3.05, 3.63) is 70.0 Å². The van der Waals surface area contributed by atoms with Gasteiger partial charge in [-0.05, 0) is 50.0 Å². The van der Waals surface area contributed by atoms with Crippen LogP contribution in [0.4, 0.5) is 4.39 Å². The van der Waals surface area contributed by atoms with E-state index in [4.69, 9.17) is 11.6 Å². The van der Waals surface area contributed by atoms with Crippen LogP contribution in [0.5, 0.6) is 5.75 Å². The second kappa shape index (κ2) is 8.23. The predicted molar refractivity (Wildman–Crippen MR) is 107 cm³/mol. The van der Waals surface area contributed by atoms with Gasteiger partial charge in [0.2, 0.25) is 0 Å². The van der Waals surface area contributed by atoms with Crippen molar-refractivity contribution >= 4 is 29.1 Å².